The lowest BCUT2D eigenvalue weighted by Gasteiger charge is -2.36. The molecule has 0 spiro atoms. The maximum Gasteiger partial charge on any atom is 0.0900 e. The molecule has 0 saturated carbocycles. The molecule has 0 radical (unpaired) electrons. The van der Waals surface area contributed by atoms with Crippen LogP contribution in [0, 0.1) is 5.92 Å². The highest BCUT2D eigenvalue weighted by atomic mass is 16.5. The Bertz CT molecular complexity index is 177. The Morgan fingerprint density at radius 1 is 1.47 bits per heavy atom. The van der Waals surface area contributed by atoms with Crippen LogP contribution in [0.2, 0.25) is 0 Å². The van der Waals surface area contributed by atoms with Gasteiger partial charge >= 0.3 is 0 Å². The molecule has 1 rings (SSSR count). The molecule has 1 saturated heterocycles. The molecule has 1 heterocycles. The van der Waals surface area contributed by atoms with Crippen molar-refractivity contribution in [1.82, 2.24) is 4.90 Å². The van der Waals surface area contributed by atoms with Crippen LogP contribution in [0.3, 0.4) is 0 Å². The van der Waals surface area contributed by atoms with E-state index >= 15 is 0 Å². The molecule has 0 amide bonds. The molecule has 0 aliphatic carbocycles. The van der Waals surface area contributed by atoms with Crippen LogP contribution in [-0.2, 0) is 9.47 Å². The van der Waals surface area contributed by atoms with Gasteiger partial charge in [0.2, 0.25) is 0 Å². The molecule has 0 aromatic carbocycles. The van der Waals surface area contributed by atoms with Gasteiger partial charge in [-0.3, -0.25) is 4.90 Å². The molecule has 0 bridgehead atoms. The SMILES string of the molecule is COCC(O)CN1CCC(C)C(OC)C1. The van der Waals surface area contributed by atoms with Gasteiger partial charge in [-0.2, -0.15) is 0 Å². The lowest BCUT2D eigenvalue weighted by Crippen LogP contribution is -2.47. The van der Waals surface area contributed by atoms with E-state index in [0.717, 1.165) is 19.5 Å². The van der Waals surface area contributed by atoms with Crippen LogP contribution in [0.4, 0.5) is 0 Å². The van der Waals surface area contributed by atoms with Gasteiger partial charge in [0, 0.05) is 27.3 Å². The van der Waals surface area contributed by atoms with Crippen LogP contribution >= 0.6 is 0 Å². The van der Waals surface area contributed by atoms with Gasteiger partial charge in [-0.1, -0.05) is 6.92 Å². The Morgan fingerprint density at radius 3 is 2.80 bits per heavy atom. The minimum Gasteiger partial charge on any atom is -0.389 e. The van der Waals surface area contributed by atoms with Crippen molar-refractivity contribution in [3.8, 4) is 0 Å². The van der Waals surface area contributed by atoms with E-state index in [1.54, 1.807) is 14.2 Å². The minimum atomic E-state index is -0.388. The number of likely N-dealkylation sites (tertiary alicyclic amines) is 1. The molecule has 3 unspecified atom stereocenters. The highest BCUT2D eigenvalue weighted by molar-refractivity contribution is 4.79. The van der Waals surface area contributed by atoms with E-state index in [0.29, 0.717) is 25.2 Å². The Hall–Kier alpha value is -0.160. The Kier molecular flexibility index (Phi) is 5.53. The molecule has 0 aromatic rings. The zero-order valence-corrected chi connectivity index (χ0v) is 9.98. The van der Waals surface area contributed by atoms with Crippen LogP contribution in [0.15, 0.2) is 0 Å². The van der Waals surface area contributed by atoms with Gasteiger partial charge in [0.25, 0.3) is 0 Å². The van der Waals surface area contributed by atoms with Gasteiger partial charge in [0.15, 0.2) is 0 Å². The van der Waals surface area contributed by atoms with E-state index in [1.807, 2.05) is 0 Å². The monoisotopic (exact) mass is 217 g/mol. The summed E-state index contributed by atoms with van der Waals surface area (Å²) < 4.78 is 10.3. The summed E-state index contributed by atoms with van der Waals surface area (Å²) in [4.78, 5) is 2.25. The maximum atomic E-state index is 9.62. The van der Waals surface area contributed by atoms with Crippen LogP contribution in [0.25, 0.3) is 0 Å². The number of hydrogen-bond donors (Lipinski definition) is 1. The molecule has 90 valence electrons. The van der Waals surface area contributed by atoms with E-state index in [2.05, 4.69) is 11.8 Å². The van der Waals surface area contributed by atoms with E-state index in [4.69, 9.17) is 9.47 Å². The van der Waals surface area contributed by atoms with Crippen molar-refractivity contribution in [2.75, 3.05) is 40.5 Å². The molecule has 15 heavy (non-hydrogen) atoms. The third-order valence-electron chi connectivity index (χ3n) is 3.10. The average molecular weight is 217 g/mol. The number of ether oxygens (including phenoxy) is 2. The van der Waals surface area contributed by atoms with Gasteiger partial charge in [0.05, 0.1) is 18.8 Å². The van der Waals surface area contributed by atoms with Crippen molar-refractivity contribution >= 4 is 0 Å². The zero-order valence-electron chi connectivity index (χ0n) is 9.98. The first kappa shape index (κ1) is 12.9. The molecule has 1 aliphatic heterocycles. The summed E-state index contributed by atoms with van der Waals surface area (Å²) in [5, 5.41) is 9.62. The van der Waals surface area contributed by atoms with Crippen molar-refractivity contribution < 1.29 is 14.6 Å². The Morgan fingerprint density at radius 2 is 2.20 bits per heavy atom. The average Bonchev–Trinajstić information content (AvgIpc) is 2.21. The second-order valence-corrected chi connectivity index (χ2v) is 4.41. The predicted molar refractivity (Wildman–Crippen MR) is 58.9 cm³/mol. The Balaban J connectivity index is 2.31. The topological polar surface area (TPSA) is 41.9 Å². The van der Waals surface area contributed by atoms with Crippen LogP contribution < -0.4 is 0 Å². The number of rotatable bonds is 5. The number of piperidine rings is 1. The summed E-state index contributed by atoms with van der Waals surface area (Å²) in [7, 11) is 3.37. The van der Waals surface area contributed by atoms with Gasteiger partial charge in [-0.15, -0.1) is 0 Å². The van der Waals surface area contributed by atoms with Crippen molar-refractivity contribution in [3.63, 3.8) is 0 Å². The highest BCUT2D eigenvalue weighted by Gasteiger charge is 2.26. The molecule has 4 heteroatoms. The molecular formula is C11H23NO3. The van der Waals surface area contributed by atoms with E-state index in [1.165, 1.54) is 0 Å². The third-order valence-corrected chi connectivity index (χ3v) is 3.10. The number of hydrogen-bond acceptors (Lipinski definition) is 4. The van der Waals surface area contributed by atoms with E-state index in [-0.39, 0.29) is 6.10 Å². The van der Waals surface area contributed by atoms with Crippen molar-refractivity contribution in [3.05, 3.63) is 0 Å². The Labute approximate surface area is 92.2 Å². The van der Waals surface area contributed by atoms with Crippen LogP contribution in [-0.4, -0.2) is 62.7 Å². The predicted octanol–water partition coefficient (Wildman–Crippen LogP) is 0.351. The normalized spacial score (nSPS) is 30.4. The summed E-state index contributed by atoms with van der Waals surface area (Å²) in [6.07, 6.45) is 1.05. The molecule has 4 nitrogen and oxygen atoms in total. The first-order valence-electron chi connectivity index (χ1n) is 5.59. The number of nitrogens with zero attached hydrogens (tertiary/aromatic N) is 1. The molecule has 3 atom stereocenters. The first-order chi connectivity index (χ1) is 7.17. The largest absolute Gasteiger partial charge is 0.389 e. The maximum absolute atomic E-state index is 9.62. The van der Waals surface area contributed by atoms with E-state index < -0.39 is 0 Å². The number of aliphatic hydroxyl groups excluding tert-OH is 1. The fraction of sp³-hybridized carbons (Fsp3) is 1.00. The standard InChI is InChI=1S/C11H23NO3/c1-9-4-5-12(7-11(9)15-3)6-10(13)8-14-2/h9-11,13H,4-8H2,1-3H3. The summed E-state index contributed by atoms with van der Waals surface area (Å²) in [6, 6.07) is 0. The molecular weight excluding hydrogens is 194 g/mol. The second-order valence-electron chi connectivity index (χ2n) is 4.41. The summed E-state index contributed by atoms with van der Waals surface area (Å²) in [6.45, 7) is 5.27. The molecule has 1 aliphatic rings. The lowest BCUT2D eigenvalue weighted by atomic mass is 9.95. The summed E-state index contributed by atoms with van der Waals surface area (Å²) in [5.41, 5.74) is 0. The van der Waals surface area contributed by atoms with Gasteiger partial charge < -0.3 is 14.6 Å². The lowest BCUT2D eigenvalue weighted by molar-refractivity contribution is -0.0276. The van der Waals surface area contributed by atoms with Gasteiger partial charge in [-0.25, -0.2) is 0 Å². The van der Waals surface area contributed by atoms with Crippen LogP contribution in [0.1, 0.15) is 13.3 Å². The fourth-order valence-electron chi connectivity index (χ4n) is 2.11. The van der Waals surface area contributed by atoms with Crippen molar-refractivity contribution in [2.24, 2.45) is 5.92 Å². The quantitative estimate of drug-likeness (QED) is 0.721. The highest BCUT2D eigenvalue weighted by Crippen LogP contribution is 2.19. The van der Waals surface area contributed by atoms with Crippen LogP contribution in [0.5, 0.6) is 0 Å². The third kappa shape index (κ3) is 4.07. The van der Waals surface area contributed by atoms with Gasteiger partial charge in [0.1, 0.15) is 0 Å². The summed E-state index contributed by atoms with van der Waals surface area (Å²) in [5.74, 6) is 0.616. The first-order valence-corrected chi connectivity index (χ1v) is 5.59. The smallest absolute Gasteiger partial charge is 0.0900 e. The van der Waals surface area contributed by atoms with Gasteiger partial charge in [-0.05, 0) is 18.9 Å². The number of β-amino-alcohol motifs (C(OH)–C–C–N with tert-alkyl or cyclic N) is 1. The summed E-state index contributed by atoms with van der Waals surface area (Å²) >= 11 is 0. The molecule has 1 N–H and O–H groups in total. The minimum absolute atomic E-state index is 0.300. The molecule has 1 fully saturated rings. The van der Waals surface area contributed by atoms with Crippen molar-refractivity contribution in [1.29, 1.82) is 0 Å². The fourth-order valence-corrected chi connectivity index (χ4v) is 2.11. The number of methoxy groups -OCH3 is 2. The molecule has 0 aromatic heterocycles. The van der Waals surface area contributed by atoms with Crippen molar-refractivity contribution in [2.45, 2.75) is 25.6 Å². The number of aliphatic hydroxyl groups is 1. The zero-order chi connectivity index (χ0) is 11.3. The second kappa shape index (κ2) is 6.43. The van der Waals surface area contributed by atoms with E-state index in [9.17, 15) is 5.11 Å².